The summed E-state index contributed by atoms with van der Waals surface area (Å²) < 4.78 is 0. The van der Waals surface area contributed by atoms with Gasteiger partial charge in [0, 0.05) is 28.0 Å². The lowest BCUT2D eigenvalue weighted by molar-refractivity contribution is 0.687. The highest BCUT2D eigenvalue weighted by molar-refractivity contribution is 8.14. The molecule has 3 rings (SSSR count). The number of nitrogens with zero attached hydrogens (tertiary/aromatic N) is 2. The van der Waals surface area contributed by atoms with E-state index in [-0.39, 0.29) is 0 Å². The molecule has 0 aliphatic carbocycles. The largest absolute Gasteiger partial charge is 0.332 e. The van der Waals surface area contributed by atoms with E-state index in [1.807, 2.05) is 53.4 Å². The second kappa shape index (κ2) is 7.53. The minimum Gasteiger partial charge on any atom is -0.332 e. The molecule has 1 fully saturated rings. The van der Waals surface area contributed by atoms with Crippen molar-refractivity contribution in [2.24, 2.45) is 4.99 Å². The molecule has 0 bridgehead atoms. The summed E-state index contributed by atoms with van der Waals surface area (Å²) in [5, 5.41) is 6.07. The fourth-order valence-electron chi connectivity index (χ4n) is 2.07. The van der Waals surface area contributed by atoms with Gasteiger partial charge in [0.15, 0.2) is 10.3 Å². The Morgan fingerprint density at radius 2 is 1.91 bits per heavy atom. The Hall–Kier alpha value is -1.27. The van der Waals surface area contributed by atoms with Crippen molar-refractivity contribution >= 4 is 68.8 Å². The van der Waals surface area contributed by atoms with E-state index in [2.05, 4.69) is 10.3 Å². The highest BCUT2D eigenvalue weighted by Gasteiger charge is 2.23. The normalized spacial score (nSPS) is 15.9. The van der Waals surface area contributed by atoms with Crippen molar-refractivity contribution in [3.8, 4) is 0 Å². The minimum atomic E-state index is 0.616. The van der Waals surface area contributed by atoms with E-state index in [1.54, 1.807) is 11.8 Å². The molecule has 0 spiro atoms. The number of rotatable bonds is 2. The number of thiocarbonyl (C=S) groups is 1. The molecule has 1 heterocycles. The number of amidine groups is 1. The predicted molar refractivity (Wildman–Crippen MR) is 105 cm³/mol. The molecule has 118 valence electrons. The van der Waals surface area contributed by atoms with Crippen molar-refractivity contribution in [1.82, 2.24) is 4.90 Å². The van der Waals surface area contributed by atoms with Crippen molar-refractivity contribution in [2.45, 2.75) is 0 Å². The third-order valence-electron chi connectivity index (χ3n) is 3.15. The Balaban J connectivity index is 1.75. The molecule has 7 heteroatoms. The predicted octanol–water partition coefficient (Wildman–Crippen LogP) is 5.43. The van der Waals surface area contributed by atoms with Crippen LogP contribution in [0.5, 0.6) is 0 Å². The van der Waals surface area contributed by atoms with E-state index in [0.717, 1.165) is 28.8 Å². The second-order valence-electron chi connectivity index (χ2n) is 4.81. The van der Waals surface area contributed by atoms with Crippen molar-refractivity contribution in [3.63, 3.8) is 0 Å². The molecule has 3 nitrogen and oxygen atoms in total. The van der Waals surface area contributed by atoms with Gasteiger partial charge in [0.2, 0.25) is 0 Å². The standard InChI is InChI=1S/C16H13Cl2N3S2/c17-11-4-6-13(7-5-11)20-16-21(8-9-23-16)15(22)19-14-3-1-2-12(18)10-14/h1-7,10H,8-9H2,(H,19,22)/b20-16+. The molecule has 2 aromatic carbocycles. The third-order valence-corrected chi connectivity index (χ3v) is 4.92. The fourth-order valence-corrected chi connectivity index (χ4v) is 3.70. The number of anilines is 1. The molecule has 1 aliphatic heterocycles. The van der Waals surface area contributed by atoms with Crippen molar-refractivity contribution in [3.05, 3.63) is 58.6 Å². The van der Waals surface area contributed by atoms with Crippen LogP contribution in [0.25, 0.3) is 0 Å². The van der Waals surface area contributed by atoms with Crippen LogP contribution in [-0.2, 0) is 0 Å². The number of halogens is 2. The maximum atomic E-state index is 6.00. The van der Waals surface area contributed by atoms with E-state index in [9.17, 15) is 0 Å². The summed E-state index contributed by atoms with van der Waals surface area (Å²) in [5.74, 6) is 0.948. The van der Waals surface area contributed by atoms with Crippen LogP contribution < -0.4 is 5.32 Å². The van der Waals surface area contributed by atoms with Gasteiger partial charge in [0.05, 0.1) is 5.69 Å². The van der Waals surface area contributed by atoms with Gasteiger partial charge >= 0.3 is 0 Å². The summed E-state index contributed by atoms with van der Waals surface area (Å²) in [4.78, 5) is 6.65. The molecule has 23 heavy (non-hydrogen) atoms. The maximum absolute atomic E-state index is 6.00. The van der Waals surface area contributed by atoms with Gasteiger partial charge in [-0.25, -0.2) is 4.99 Å². The molecule has 2 aromatic rings. The average Bonchev–Trinajstić information content (AvgIpc) is 2.98. The zero-order chi connectivity index (χ0) is 16.2. The summed E-state index contributed by atoms with van der Waals surface area (Å²) >= 11 is 19.1. The molecule has 0 aromatic heterocycles. The number of thioether (sulfide) groups is 1. The molecule has 1 aliphatic rings. The molecule has 0 unspecified atom stereocenters. The van der Waals surface area contributed by atoms with Crippen LogP contribution in [-0.4, -0.2) is 27.5 Å². The molecule has 1 saturated heterocycles. The molecule has 0 saturated carbocycles. The first-order chi connectivity index (χ1) is 11.1. The number of aliphatic imine (C=N–C) groups is 1. The maximum Gasteiger partial charge on any atom is 0.179 e. The van der Waals surface area contributed by atoms with Crippen molar-refractivity contribution < 1.29 is 0 Å². The summed E-state index contributed by atoms with van der Waals surface area (Å²) in [6, 6.07) is 14.9. The summed E-state index contributed by atoms with van der Waals surface area (Å²) in [6.07, 6.45) is 0. The Labute approximate surface area is 154 Å². The first kappa shape index (κ1) is 16.6. The molecule has 1 N–H and O–H groups in total. The van der Waals surface area contributed by atoms with Crippen molar-refractivity contribution in [1.29, 1.82) is 0 Å². The Morgan fingerprint density at radius 3 is 2.65 bits per heavy atom. The first-order valence-electron chi connectivity index (χ1n) is 6.93. The van der Waals surface area contributed by atoms with Crippen LogP contribution in [0.3, 0.4) is 0 Å². The first-order valence-corrected chi connectivity index (χ1v) is 9.08. The van der Waals surface area contributed by atoms with Gasteiger partial charge in [0.25, 0.3) is 0 Å². The third kappa shape index (κ3) is 4.38. The second-order valence-corrected chi connectivity index (χ2v) is 7.13. The van der Waals surface area contributed by atoms with E-state index >= 15 is 0 Å². The zero-order valence-electron chi connectivity index (χ0n) is 12.0. The molecule has 0 radical (unpaired) electrons. The smallest absolute Gasteiger partial charge is 0.179 e. The monoisotopic (exact) mass is 381 g/mol. The van der Waals surface area contributed by atoms with Crippen molar-refractivity contribution in [2.75, 3.05) is 17.6 Å². The SMILES string of the molecule is S=C(Nc1cccc(Cl)c1)N1CCS/C1=N/c1ccc(Cl)cc1. The topological polar surface area (TPSA) is 27.6 Å². The van der Waals surface area contributed by atoms with E-state index < -0.39 is 0 Å². The van der Waals surface area contributed by atoms with Gasteiger partial charge in [-0.1, -0.05) is 41.0 Å². The quantitative estimate of drug-likeness (QED) is 0.702. The number of hydrogen-bond acceptors (Lipinski definition) is 3. The van der Waals surface area contributed by atoms with Crippen LogP contribution in [0.2, 0.25) is 10.0 Å². The van der Waals surface area contributed by atoms with Crippen LogP contribution in [0.4, 0.5) is 11.4 Å². The number of benzene rings is 2. The fraction of sp³-hybridized carbons (Fsp3) is 0.125. The summed E-state index contributed by atoms with van der Waals surface area (Å²) in [5.41, 5.74) is 1.72. The highest BCUT2D eigenvalue weighted by Crippen LogP contribution is 2.25. The van der Waals surface area contributed by atoms with Crippen LogP contribution in [0.1, 0.15) is 0 Å². The van der Waals surface area contributed by atoms with Gasteiger partial charge in [0.1, 0.15) is 0 Å². The molecule has 0 amide bonds. The van der Waals surface area contributed by atoms with Crippen LogP contribution in [0, 0.1) is 0 Å². The average molecular weight is 382 g/mol. The number of hydrogen-bond donors (Lipinski definition) is 1. The Bertz CT molecular complexity index is 747. The van der Waals surface area contributed by atoms with Crippen LogP contribution >= 0.6 is 47.2 Å². The lowest BCUT2D eigenvalue weighted by Gasteiger charge is -2.20. The number of nitrogens with one attached hydrogen (secondary N) is 1. The van der Waals surface area contributed by atoms with Gasteiger partial charge in [-0.3, -0.25) is 4.90 Å². The lowest BCUT2D eigenvalue weighted by atomic mass is 10.3. The summed E-state index contributed by atoms with van der Waals surface area (Å²) in [7, 11) is 0. The van der Waals surface area contributed by atoms with Gasteiger partial charge < -0.3 is 5.32 Å². The molecular weight excluding hydrogens is 369 g/mol. The van der Waals surface area contributed by atoms with Gasteiger partial charge in [-0.05, 0) is 54.7 Å². The molecular formula is C16H13Cl2N3S2. The van der Waals surface area contributed by atoms with E-state index in [0.29, 0.717) is 15.2 Å². The summed E-state index contributed by atoms with van der Waals surface area (Å²) in [6.45, 7) is 0.823. The van der Waals surface area contributed by atoms with E-state index in [1.165, 1.54) is 0 Å². The zero-order valence-corrected chi connectivity index (χ0v) is 15.1. The Kier molecular flexibility index (Phi) is 5.43. The minimum absolute atomic E-state index is 0.616. The highest BCUT2D eigenvalue weighted by atomic mass is 35.5. The van der Waals surface area contributed by atoms with Crippen LogP contribution in [0.15, 0.2) is 53.5 Å². The van der Waals surface area contributed by atoms with Gasteiger partial charge in [-0.15, -0.1) is 0 Å². The van der Waals surface area contributed by atoms with E-state index in [4.69, 9.17) is 35.4 Å². The van der Waals surface area contributed by atoms with Gasteiger partial charge in [-0.2, -0.15) is 0 Å². The lowest BCUT2D eigenvalue weighted by Crippen LogP contribution is -2.35. The molecule has 0 atom stereocenters. The Morgan fingerprint density at radius 1 is 1.13 bits per heavy atom.